The van der Waals surface area contributed by atoms with E-state index in [9.17, 15) is 0 Å². The quantitative estimate of drug-likeness (QED) is 0.295. The molecule has 1 fully saturated rings. The van der Waals surface area contributed by atoms with Crippen LogP contribution in [0, 0.1) is 18.2 Å². The smallest absolute Gasteiger partial charge is 0.0329 e. The summed E-state index contributed by atoms with van der Waals surface area (Å²) in [5.74, 6) is 0. The van der Waals surface area contributed by atoms with Crippen molar-refractivity contribution >= 4 is 17.1 Å². The fourth-order valence-corrected chi connectivity index (χ4v) is 7.54. The Morgan fingerprint density at radius 3 is 1.76 bits per heavy atom. The summed E-state index contributed by atoms with van der Waals surface area (Å²) in [4.78, 5) is 4.70. The van der Waals surface area contributed by atoms with Crippen LogP contribution in [0.15, 0.2) is 24.3 Å². The molecule has 4 aliphatic carbocycles. The van der Waals surface area contributed by atoms with Crippen LogP contribution in [0.2, 0.25) is 0 Å². The second-order valence-corrected chi connectivity index (χ2v) is 13.6. The summed E-state index contributed by atoms with van der Waals surface area (Å²) >= 11 is 0. The summed E-state index contributed by atoms with van der Waals surface area (Å²) in [5.41, 5.74) is 11.0. The van der Waals surface area contributed by atoms with Crippen LogP contribution in [0.5, 0.6) is 0 Å². The Bertz CT molecular complexity index is 1180. The average Bonchev–Trinajstić information content (AvgIpc) is 3.14. The maximum absolute atomic E-state index is 3.70. The molecular weight excluding hydrogens is 593 g/mol. The predicted octanol–water partition coefficient (Wildman–Crippen LogP) is 7.89. The van der Waals surface area contributed by atoms with E-state index in [1.807, 2.05) is 0 Å². The van der Waals surface area contributed by atoms with Gasteiger partial charge in [-0.1, -0.05) is 55.4 Å². The number of hydrogen-bond donors (Lipinski definition) is 0. The van der Waals surface area contributed by atoms with E-state index in [0.717, 1.165) is 0 Å². The molecule has 0 atom stereocenters. The van der Waals surface area contributed by atoms with E-state index in [1.165, 1.54) is 53.9 Å². The first kappa shape index (κ1) is 24.4. The topological polar surface area (TPSA) is 6.48 Å². The van der Waals surface area contributed by atoms with E-state index in [4.69, 9.17) is 0 Å². The maximum atomic E-state index is 3.70. The number of anilines is 3. The van der Waals surface area contributed by atoms with E-state index in [1.54, 1.807) is 11.1 Å². The molecule has 2 nitrogen and oxygen atoms in total. The molecule has 185 valence electrons. The van der Waals surface area contributed by atoms with Crippen molar-refractivity contribution in [3.63, 3.8) is 0 Å². The first-order chi connectivity index (χ1) is 15.2. The SMILES string of the molecule is CN1[CH-]N(c2[c-]cc3c(c2)C(C)(C)C(C)(C)C3(C)C)c2cc3c(cc21)C1(C)CCC3(C)CC1.[Ir]. The van der Waals surface area contributed by atoms with Crippen LogP contribution in [0.4, 0.5) is 17.1 Å². The van der Waals surface area contributed by atoms with Gasteiger partial charge in [-0.2, -0.15) is 18.8 Å². The largest absolute Gasteiger partial charge is 0.504 e. The number of rotatable bonds is 1. The minimum absolute atomic E-state index is 0. The predicted molar refractivity (Wildman–Crippen MR) is 140 cm³/mol. The minimum Gasteiger partial charge on any atom is -0.504 e. The summed E-state index contributed by atoms with van der Waals surface area (Å²) < 4.78 is 0. The molecule has 0 amide bonds. The van der Waals surface area contributed by atoms with E-state index in [0.29, 0.717) is 10.8 Å². The molecule has 0 spiro atoms. The Morgan fingerprint density at radius 1 is 0.706 bits per heavy atom. The monoisotopic (exact) mass is 633 g/mol. The third-order valence-electron chi connectivity index (χ3n) is 11.5. The number of nitrogens with zero attached hydrogens (tertiary/aromatic N) is 2. The Labute approximate surface area is 220 Å². The standard InChI is InChI=1S/C31H40N2.Ir/c1-27(2)21-11-10-20(16-22(21)28(3,4)29(27,5)6)33-19-32(9)25-17-23-24(18-26(25)33)31(8)14-12-30(23,7)13-15-31;/h11,16-19H,12-15H2,1-9H3;/q-2;. The van der Waals surface area contributed by atoms with Crippen LogP contribution in [-0.4, -0.2) is 7.05 Å². The molecular formula is C31H40IrN2-2. The van der Waals surface area contributed by atoms with Gasteiger partial charge in [-0.25, -0.2) is 0 Å². The molecule has 0 aromatic heterocycles. The Kier molecular flexibility index (Phi) is 4.96. The van der Waals surface area contributed by atoms with Gasteiger partial charge in [0.1, 0.15) is 0 Å². The number of fused-ring (bicyclic) bond motifs is 4. The van der Waals surface area contributed by atoms with Gasteiger partial charge in [-0.3, -0.25) is 0 Å². The summed E-state index contributed by atoms with van der Waals surface area (Å²) in [5, 5.41) is 0. The molecule has 0 unspecified atom stereocenters. The first-order valence-corrected chi connectivity index (χ1v) is 12.9. The van der Waals surface area contributed by atoms with Crippen LogP contribution in [0.25, 0.3) is 0 Å². The van der Waals surface area contributed by atoms with E-state index < -0.39 is 0 Å². The van der Waals surface area contributed by atoms with Gasteiger partial charge in [-0.05, 0) is 83.1 Å². The fourth-order valence-electron chi connectivity index (χ4n) is 7.54. The summed E-state index contributed by atoms with van der Waals surface area (Å²) in [7, 11) is 2.19. The zero-order valence-electron chi connectivity index (χ0n) is 22.4. The summed E-state index contributed by atoms with van der Waals surface area (Å²) in [6, 6.07) is 13.5. The molecule has 0 saturated heterocycles. The van der Waals surface area contributed by atoms with Gasteiger partial charge in [0.15, 0.2) is 0 Å². The zero-order chi connectivity index (χ0) is 23.8. The van der Waals surface area contributed by atoms with Gasteiger partial charge < -0.3 is 9.80 Å². The molecule has 3 heteroatoms. The van der Waals surface area contributed by atoms with Crippen molar-refractivity contribution in [1.82, 2.24) is 0 Å². The molecule has 7 rings (SSSR count). The molecule has 1 aliphatic heterocycles. The van der Waals surface area contributed by atoms with Crippen LogP contribution in [-0.2, 0) is 41.8 Å². The molecule has 2 aromatic rings. The molecule has 5 aliphatic rings. The first-order valence-electron chi connectivity index (χ1n) is 12.9. The Morgan fingerprint density at radius 2 is 1.21 bits per heavy atom. The number of hydrogen-bond acceptors (Lipinski definition) is 2. The van der Waals surface area contributed by atoms with Gasteiger partial charge in [0.2, 0.25) is 0 Å². The van der Waals surface area contributed by atoms with E-state index in [2.05, 4.69) is 109 Å². The molecule has 1 radical (unpaired) electrons. The fraction of sp³-hybridized carbons (Fsp3) is 0.581. The van der Waals surface area contributed by atoms with Gasteiger partial charge in [-0.15, -0.1) is 22.9 Å². The summed E-state index contributed by atoms with van der Waals surface area (Å²) in [6.07, 6.45) is 5.29. The molecule has 1 saturated carbocycles. The second-order valence-electron chi connectivity index (χ2n) is 13.6. The van der Waals surface area contributed by atoms with Crippen molar-refractivity contribution in [2.75, 3.05) is 16.8 Å². The van der Waals surface area contributed by atoms with Gasteiger partial charge >= 0.3 is 0 Å². The maximum Gasteiger partial charge on any atom is 0.0329 e. The number of benzene rings is 2. The Hall–Kier alpha value is -1.31. The second kappa shape index (κ2) is 6.92. The van der Waals surface area contributed by atoms with Gasteiger partial charge in [0.25, 0.3) is 0 Å². The van der Waals surface area contributed by atoms with Crippen LogP contribution in [0.1, 0.15) is 103 Å². The van der Waals surface area contributed by atoms with Crippen LogP contribution in [0.3, 0.4) is 0 Å². The van der Waals surface area contributed by atoms with Crippen LogP contribution >= 0.6 is 0 Å². The molecule has 2 bridgehead atoms. The molecule has 1 heterocycles. The molecule has 2 aromatic carbocycles. The normalized spacial score (nSPS) is 31.1. The third kappa shape index (κ3) is 2.72. The van der Waals surface area contributed by atoms with Crippen molar-refractivity contribution in [3.05, 3.63) is 59.3 Å². The van der Waals surface area contributed by atoms with E-state index >= 15 is 0 Å². The van der Waals surface area contributed by atoms with Crippen molar-refractivity contribution in [2.45, 2.75) is 103 Å². The van der Waals surface area contributed by atoms with Crippen molar-refractivity contribution < 1.29 is 20.1 Å². The van der Waals surface area contributed by atoms with E-state index in [-0.39, 0.29) is 36.4 Å². The minimum atomic E-state index is 0. The van der Waals surface area contributed by atoms with Crippen molar-refractivity contribution in [3.8, 4) is 0 Å². The van der Waals surface area contributed by atoms with Gasteiger partial charge in [0.05, 0.1) is 0 Å². The zero-order valence-corrected chi connectivity index (χ0v) is 24.8. The van der Waals surface area contributed by atoms with Gasteiger partial charge in [0, 0.05) is 31.5 Å². The van der Waals surface area contributed by atoms with Crippen molar-refractivity contribution in [2.24, 2.45) is 5.41 Å². The molecule has 34 heavy (non-hydrogen) atoms. The van der Waals surface area contributed by atoms with Crippen molar-refractivity contribution in [1.29, 1.82) is 0 Å². The molecule has 0 N–H and O–H groups in total. The average molecular weight is 633 g/mol. The third-order valence-corrected chi connectivity index (χ3v) is 11.5. The van der Waals surface area contributed by atoms with Crippen LogP contribution < -0.4 is 9.80 Å². The summed E-state index contributed by atoms with van der Waals surface area (Å²) in [6.45, 7) is 21.8. The Balaban J connectivity index is 0.00000241.